The topological polar surface area (TPSA) is 16.4 Å². The fraction of sp³-hybridized carbons (Fsp3) is 0.208. The highest BCUT2D eigenvalue weighted by Crippen LogP contribution is 2.45. The van der Waals surface area contributed by atoms with Crippen LogP contribution in [0.15, 0.2) is 70.6 Å². The Hall–Kier alpha value is -2.72. The number of rotatable bonds is 4. The number of ether oxygens (including phenoxy) is 1. The second-order valence-corrected chi connectivity index (χ2v) is 8.01. The van der Waals surface area contributed by atoms with Gasteiger partial charge in [0.25, 0.3) is 0 Å². The highest BCUT2D eigenvalue weighted by atomic mass is 32.2. The van der Waals surface area contributed by atoms with Crippen molar-refractivity contribution in [2.75, 3.05) is 18.6 Å². The van der Waals surface area contributed by atoms with E-state index in [1.165, 1.54) is 32.6 Å². The Balaban J connectivity index is 1.65. The minimum atomic E-state index is 0.685. The van der Waals surface area contributed by atoms with E-state index in [4.69, 9.17) is 4.74 Å². The Kier molecular flexibility index (Phi) is 5.14. The normalized spacial score (nSPS) is 14.4. The third-order valence-electron chi connectivity index (χ3n) is 4.92. The number of pyridine rings is 1. The van der Waals surface area contributed by atoms with Gasteiger partial charge in [0.15, 0.2) is 11.4 Å². The van der Waals surface area contributed by atoms with Gasteiger partial charge in [0.05, 0.1) is 17.3 Å². The highest BCUT2D eigenvalue weighted by Gasteiger charge is 2.22. The Morgan fingerprint density at radius 1 is 1.00 bits per heavy atom. The maximum absolute atomic E-state index is 5.56. The van der Waals surface area contributed by atoms with Crippen molar-refractivity contribution in [1.29, 1.82) is 0 Å². The fourth-order valence-corrected chi connectivity index (χ4v) is 4.78. The van der Waals surface area contributed by atoms with Crippen LogP contribution < -0.4 is 14.2 Å². The molecular formula is C24H25N2OS+. The summed E-state index contributed by atoms with van der Waals surface area (Å²) < 4.78 is 7.84. The Morgan fingerprint density at radius 3 is 2.32 bits per heavy atom. The number of aryl methyl sites for hydroxylation is 2. The van der Waals surface area contributed by atoms with Crippen LogP contribution in [-0.2, 0) is 0 Å². The van der Waals surface area contributed by atoms with Gasteiger partial charge in [-0.1, -0.05) is 23.9 Å². The number of anilines is 1. The standard InChI is InChI=1S/C24H25N2OS/c1-5-27-21-12-10-20(11-13-21)26-17(2)14-19(15-18(26)3)16-24-25(4)22-8-6-7-9-23(22)28-24/h6-16H,5H2,1-4H3/q+1. The first kappa shape index (κ1) is 18.6. The SMILES string of the molecule is CCOc1ccc(-[n+]2c(C)cc(/C=C3\Sc4ccccc4N3C)cc2C)cc1. The van der Waals surface area contributed by atoms with Gasteiger partial charge in [0, 0.05) is 50.1 Å². The van der Waals surface area contributed by atoms with E-state index in [0.717, 1.165) is 11.4 Å². The third-order valence-corrected chi connectivity index (χ3v) is 6.09. The number of benzene rings is 2. The number of fused-ring (bicyclic) bond motifs is 1. The molecule has 142 valence electrons. The number of aromatic nitrogens is 1. The molecule has 0 fully saturated rings. The van der Waals surface area contributed by atoms with Gasteiger partial charge in [0.1, 0.15) is 5.75 Å². The predicted molar refractivity (Wildman–Crippen MR) is 117 cm³/mol. The first-order valence-corrected chi connectivity index (χ1v) is 10.4. The molecule has 1 aliphatic rings. The fourth-order valence-electron chi connectivity index (χ4n) is 3.67. The maximum Gasteiger partial charge on any atom is 0.211 e. The van der Waals surface area contributed by atoms with Crippen molar-refractivity contribution in [1.82, 2.24) is 0 Å². The molecule has 2 heterocycles. The van der Waals surface area contributed by atoms with Crippen molar-refractivity contribution in [2.45, 2.75) is 25.7 Å². The molecule has 0 bridgehead atoms. The Morgan fingerprint density at radius 2 is 1.68 bits per heavy atom. The van der Waals surface area contributed by atoms with Gasteiger partial charge < -0.3 is 9.64 Å². The van der Waals surface area contributed by atoms with Gasteiger partial charge in [-0.05, 0) is 42.8 Å². The zero-order chi connectivity index (χ0) is 19.7. The van der Waals surface area contributed by atoms with Crippen LogP contribution in [0, 0.1) is 13.8 Å². The van der Waals surface area contributed by atoms with Gasteiger partial charge in [-0.15, -0.1) is 0 Å². The summed E-state index contributed by atoms with van der Waals surface area (Å²) in [5.41, 5.74) is 6.06. The Labute approximate surface area is 171 Å². The van der Waals surface area contributed by atoms with Crippen LogP contribution in [0.4, 0.5) is 5.69 Å². The van der Waals surface area contributed by atoms with Crippen LogP contribution in [0.25, 0.3) is 11.8 Å². The average Bonchev–Trinajstić information content (AvgIpc) is 2.99. The smallest absolute Gasteiger partial charge is 0.211 e. The highest BCUT2D eigenvalue weighted by molar-refractivity contribution is 8.03. The molecule has 3 aromatic rings. The number of para-hydroxylation sites is 1. The van der Waals surface area contributed by atoms with Crippen molar-refractivity contribution in [3.8, 4) is 11.4 Å². The monoisotopic (exact) mass is 389 g/mol. The minimum absolute atomic E-state index is 0.685. The molecule has 0 spiro atoms. The minimum Gasteiger partial charge on any atom is -0.494 e. The summed E-state index contributed by atoms with van der Waals surface area (Å²) in [5.74, 6) is 0.907. The van der Waals surface area contributed by atoms with Crippen molar-refractivity contribution in [3.63, 3.8) is 0 Å². The summed E-state index contributed by atoms with van der Waals surface area (Å²) in [6.07, 6.45) is 2.27. The molecule has 0 N–H and O–H groups in total. The molecule has 4 rings (SSSR count). The van der Waals surface area contributed by atoms with E-state index in [-0.39, 0.29) is 0 Å². The lowest BCUT2D eigenvalue weighted by molar-refractivity contribution is -0.609. The summed E-state index contributed by atoms with van der Waals surface area (Å²) in [5, 5.41) is 1.25. The largest absolute Gasteiger partial charge is 0.494 e. The molecule has 0 amide bonds. The zero-order valence-corrected chi connectivity index (χ0v) is 17.6. The Bertz CT molecular complexity index is 1020. The van der Waals surface area contributed by atoms with E-state index in [1.54, 1.807) is 0 Å². The van der Waals surface area contributed by atoms with Gasteiger partial charge in [-0.3, -0.25) is 0 Å². The molecule has 28 heavy (non-hydrogen) atoms. The zero-order valence-electron chi connectivity index (χ0n) is 16.8. The molecule has 4 heteroatoms. The van der Waals surface area contributed by atoms with Crippen molar-refractivity contribution >= 4 is 23.5 Å². The van der Waals surface area contributed by atoms with Crippen LogP contribution in [0.3, 0.4) is 0 Å². The second kappa shape index (κ2) is 7.72. The average molecular weight is 390 g/mol. The van der Waals surface area contributed by atoms with Crippen LogP contribution in [0.1, 0.15) is 23.9 Å². The van der Waals surface area contributed by atoms with Gasteiger partial charge in [-0.2, -0.15) is 4.57 Å². The number of hydrogen-bond donors (Lipinski definition) is 0. The third kappa shape index (κ3) is 3.52. The molecule has 3 nitrogen and oxygen atoms in total. The van der Waals surface area contributed by atoms with E-state index in [9.17, 15) is 0 Å². The number of thioether (sulfide) groups is 1. The van der Waals surface area contributed by atoms with Gasteiger partial charge in [-0.25, -0.2) is 0 Å². The first-order chi connectivity index (χ1) is 13.6. The molecule has 1 aliphatic heterocycles. The van der Waals surface area contributed by atoms with Crippen LogP contribution in [0.5, 0.6) is 5.75 Å². The summed E-state index contributed by atoms with van der Waals surface area (Å²) in [6.45, 7) is 7.00. The van der Waals surface area contributed by atoms with E-state index in [0.29, 0.717) is 6.61 Å². The lowest BCUT2D eigenvalue weighted by atomic mass is 10.1. The molecule has 1 aromatic heterocycles. The molecule has 0 radical (unpaired) electrons. The summed E-state index contributed by atoms with van der Waals surface area (Å²) in [7, 11) is 2.13. The quantitative estimate of drug-likeness (QED) is 0.547. The summed E-state index contributed by atoms with van der Waals surface area (Å²) in [4.78, 5) is 3.57. The molecular weight excluding hydrogens is 364 g/mol. The summed E-state index contributed by atoms with van der Waals surface area (Å²) in [6, 6.07) is 21.3. The number of nitrogens with zero attached hydrogens (tertiary/aromatic N) is 2. The molecule has 0 atom stereocenters. The maximum atomic E-state index is 5.56. The van der Waals surface area contributed by atoms with Gasteiger partial charge >= 0.3 is 0 Å². The lowest BCUT2D eigenvalue weighted by Gasteiger charge is -2.13. The van der Waals surface area contributed by atoms with E-state index >= 15 is 0 Å². The first-order valence-electron chi connectivity index (χ1n) is 9.55. The molecule has 0 saturated carbocycles. The van der Waals surface area contributed by atoms with Gasteiger partial charge in [0.2, 0.25) is 5.69 Å². The predicted octanol–water partition coefficient (Wildman–Crippen LogP) is 5.52. The van der Waals surface area contributed by atoms with E-state index < -0.39 is 0 Å². The lowest BCUT2D eigenvalue weighted by Crippen LogP contribution is -2.37. The van der Waals surface area contributed by atoms with Crippen molar-refractivity contribution in [3.05, 3.63) is 82.6 Å². The molecule has 0 aliphatic carbocycles. The van der Waals surface area contributed by atoms with Crippen LogP contribution >= 0.6 is 11.8 Å². The van der Waals surface area contributed by atoms with Crippen molar-refractivity contribution < 1.29 is 9.30 Å². The van der Waals surface area contributed by atoms with Crippen LogP contribution in [-0.4, -0.2) is 13.7 Å². The summed E-state index contributed by atoms with van der Waals surface area (Å²) >= 11 is 1.82. The van der Waals surface area contributed by atoms with Crippen molar-refractivity contribution in [2.24, 2.45) is 0 Å². The van der Waals surface area contributed by atoms with E-state index in [2.05, 4.69) is 85.0 Å². The van der Waals surface area contributed by atoms with E-state index in [1.807, 2.05) is 30.8 Å². The van der Waals surface area contributed by atoms with Crippen LogP contribution in [0.2, 0.25) is 0 Å². The molecule has 2 aromatic carbocycles. The molecule has 0 saturated heterocycles. The second-order valence-electron chi connectivity index (χ2n) is 6.95. The molecule has 0 unspecified atom stereocenters. The number of hydrogen-bond acceptors (Lipinski definition) is 3.